The van der Waals surface area contributed by atoms with Crippen LogP contribution in [0.4, 0.5) is 18.9 Å². The fourth-order valence-corrected chi connectivity index (χ4v) is 2.04. The van der Waals surface area contributed by atoms with Gasteiger partial charge in [-0.05, 0) is 29.4 Å². The van der Waals surface area contributed by atoms with Crippen LogP contribution in [0.2, 0.25) is 0 Å². The Morgan fingerprint density at radius 1 is 1.05 bits per heavy atom. The molecule has 0 aromatic heterocycles. The van der Waals surface area contributed by atoms with Crippen LogP contribution in [0.3, 0.4) is 0 Å². The molecule has 1 rings (SSSR count). The van der Waals surface area contributed by atoms with Gasteiger partial charge >= 0.3 is 6.18 Å². The van der Waals surface area contributed by atoms with Crippen molar-refractivity contribution in [1.29, 1.82) is 0 Å². The van der Waals surface area contributed by atoms with Crippen LogP contribution in [-0.4, -0.2) is 12.4 Å². The van der Waals surface area contributed by atoms with Gasteiger partial charge in [0.1, 0.15) is 0 Å². The second-order valence-corrected chi connectivity index (χ2v) is 5.56. The predicted octanol–water partition coefficient (Wildman–Crippen LogP) is 5.98. The van der Waals surface area contributed by atoms with E-state index in [4.69, 9.17) is 0 Å². The lowest BCUT2D eigenvalue weighted by atomic mass is 9.93. The molecule has 0 fully saturated rings. The first-order chi connectivity index (χ1) is 9.22. The molecule has 0 unspecified atom stereocenters. The average molecular weight is 285 g/mol. The minimum absolute atomic E-state index is 0.0759. The minimum Gasteiger partial charge on any atom is -0.261 e. The highest BCUT2D eigenvalue weighted by molar-refractivity contribution is 5.67. The summed E-state index contributed by atoms with van der Waals surface area (Å²) in [4.78, 5) is 4.33. The van der Waals surface area contributed by atoms with Crippen molar-refractivity contribution in [3.63, 3.8) is 0 Å². The smallest absolute Gasteiger partial charge is 0.261 e. The molecule has 0 heterocycles. The molecule has 4 heteroatoms. The Labute approximate surface area is 118 Å². The van der Waals surface area contributed by atoms with Crippen LogP contribution in [0, 0.1) is 0 Å². The van der Waals surface area contributed by atoms with Gasteiger partial charge in [-0.25, -0.2) is 0 Å². The van der Waals surface area contributed by atoms with Gasteiger partial charge in [0.25, 0.3) is 0 Å². The fraction of sp³-hybridized carbons (Fsp3) is 0.562. The van der Waals surface area contributed by atoms with Gasteiger partial charge in [0, 0.05) is 12.6 Å². The molecule has 1 aromatic carbocycles. The number of benzene rings is 1. The number of hydrogen-bond acceptors (Lipinski definition) is 1. The van der Waals surface area contributed by atoms with Gasteiger partial charge < -0.3 is 0 Å². The lowest BCUT2D eigenvalue weighted by molar-refractivity contribution is -0.132. The maximum atomic E-state index is 12.1. The average Bonchev–Trinajstić information content (AvgIpc) is 2.32. The molecule has 0 aliphatic rings. The summed E-state index contributed by atoms with van der Waals surface area (Å²) in [6, 6.07) is 5.97. The molecule has 0 saturated heterocycles. The minimum atomic E-state index is -4.12. The highest BCUT2D eigenvalue weighted by atomic mass is 19.4. The third-order valence-corrected chi connectivity index (χ3v) is 3.12. The Morgan fingerprint density at radius 2 is 1.55 bits per heavy atom. The molecule has 1 nitrogen and oxygen atoms in total. The van der Waals surface area contributed by atoms with Gasteiger partial charge in [0.05, 0.1) is 5.69 Å². The van der Waals surface area contributed by atoms with Crippen LogP contribution in [0.1, 0.15) is 63.5 Å². The molecule has 20 heavy (non-hydrogen) atoms. The van der Waals surface area contributed by atoms with E-state index in [-0.39, 0.29) is 6.42 Å². The Balaban J connectivity index is 2.99. The molecule has 1 aromatic rings. The zero-order valence-corrected chi connectivity index (χ0v) is 12.5. The van der Waals surface area contributed by atoms with Crippen molar-refractivity contribution in [2.24, 2.45) is 4.99 Å². The summed E-state index contributed by atoms with van der Waals surface area (Å²) >= 11 is 0. The Morgan fingerprint density at radius 3 is 1.95 bits per heavy atom. The number of nitrogens with zero attached hydrogens (tertiary/aromatic N) is 1. The highest BCUT2D eigenvalue weighted by Gasteiger charge is 2.25. The van der Waals surface area contributed by atoms with Crippen molar-refractivity contribution in [2.45, 2.75) is 58.5 Å². The zero-order chi connectivity index (χ0) is 15.3. The molecule has 0 aliphatic heterocycles. The van der Waals surface area contributed by atoms with E-state index in [0.29, 0.717) is 11.8 Å². The topological polar surface area (TPSA) is 12.4 Å². The number of halogens is 3. The Bertz CT molecular complexity index is 433. The first-order valence-electron chi connectivity index (χ1n) is 6.94. The predicted molar refractivity (Wildman–Crippen MR) is 78.1 cm³/mol. The van der Waals surface area contributed by atoms with E-state index >= 15 is 0 Å². The quantitative estimate of drug-likeness (QED) is 0.590. The molecule has 112 valence electrons. The van der Waals surface area contributed by atoms with Crippen molar-refractivity contribution in [3.05, 3.63) is 29.3 Å². The fourth-order valence-electron chi connectivity index (χ4n) is 2.04. The second-order valence-electron chi connectivity index (χ2n) is 5.56. The Hall–Kier alpha value is -1.32. The van der Waals surface area contributed by atoms with E-state index < -0.39 is 12.6 Å². The van der Waals surface area contributed by atoms with Gasteiger partial charge in [-0.1, -0.05) is 45.9 Å². The van der Waals surface area contributed by atoms with Gasteiger partial charge in [-0.3, -0.25) is 4.99 Å². The van der Waals surface area contributed by atoms with Gasteiger partial charge in [0.2, 0.25) is 0 Å². The van der Waals surface area contributed by atoms with Crippen molar-refractivity contribution in [3.8, 4) is 0 Å². The van der Waals surface area contributed by atoms with Crippen molar-refractivity contribution in [1.82, 2.24) is 0 Å². The van der Waals surface area contributed by atoms with E-state index in [1.807, 2.05) is 18.2 Å². The Kier molecular flexibility index (Phi) is 5.78. The van der Waals surface area contributed by atoms with Gasteiger partial charge in [-0.15, -0.1) is 0 Å². The largest absolute Gasteiger partial charge is 0.389 e. The normalized spacial score (nSPS) is 12.8. The van der Waals surface area contributed by atoms with Gasteiger partial charge in [-0.2, -0.15) is 13.2 Å². The van der Waals surface area contributed by atoms with Crippen LogP contribution in [0.15, 0.2) is 23.2 Å². The van der Waals surface area contributed by atoms with Gasteiger partial charge in [0.15, 0.2) is 0 Å². The summed E-state index contributed by atoms with van der Waals surface area (Å²) in [5.74, 6) is 0.590. The monoisotopic (exact) mass is 285 g/mol. The molecular weight excluding hydrogens is 263 g/mol. The molecule has 0 aliphatic carbocycles. The number of aliphatic imine (C=N–C) groups is 1. The third-order valence-electron chi connectivity index (χ3n) is 3.12. The maximum Gasteiger partial charge on any atom is 0.389 e. The molecular formula is C16H22F3N. The molecule has 0 radical (unpaired) electrons. The van der Waals surface area contributed by atoms with E-state index in [1.165, 1.54) is 6.21 Å². The summed E-state index contributed by atoms with van der Waals surface area (Å²) < 4.78 is 36.4. The number of hydrogen-bond donors (Lipinski definition) is 0. The van der Waals surface area contributed by atoms with Crippen molar-refractivity contribution >= 4 is 11.9 Å². The second kappa shape index (κ2) is 6.91. The van der Waals surface area contributed by atoms with Crippen LogP contribution >= 0.6 is 0 Å². The molecule has 0 N–H and O–H groups in total. The summed E-state index contributed by atoms with van der Waals surface area (Å²) in [5, 5.41) is 0. The third kappa shape index (κ3) is 4.99. The maximum absolute atomic E-state index is 12.1. The summed E-state index contributed by atoms with van der Waals surface area (Å²) in [7, 11) is 0. The summed E-state index contributed by atoms with van der Waals surface area (Å²) in [6.45, 7) is 8.25. The highest BCUT2D eigenvalue weighted by Crippen LogP contribution is 2.34. The van der Waals surface area contributed by atoms with Crippen LogP contribution in [0.5, 0.6) is 0 Å². The lowest BCUT2D eigenvalue weighted by Crippen LogP contribution is -2.06. The molecule has 0 amide bonds. The first-order valence-corrected chi connectivity index (χ1v) is 6.94. The van der Waals surface area contributed by atoms with E-state index in [2.05, 4.69) is 32.7 Å². The van der Waals surface area contributed by atoms with E-state index in [1.54, 1.807) is 0 Å². The number of para-hydroxylation sites is 1. The molecule has 0 atom stereocenters. The van der Waals surface area contributed by atoms with E-state index in [0.717, 1.165) is 16.8 Å². The first kappa shape index (κ1) is 16.7. The summed E-state index contributed by atoms with van der Waals surface area (Å²) in [6.07, 6.45) is -3.63. The van der Waals surface area contributed by atoms with Crippen LogP contribution in [-0.2, 0) is 0 Å². The standard InChI is InChI=1S/C16H22F3N/c1-11(2)13-7-5-8-14(12(3)4)15(13)20-10-6-9-16(17,18)19/h5,7-8,10-12H,6,9H2,1-4H3. The van der Waals surface area contributed by atoms with E-state index in [9.17, 15) is 13.2 Å². The van der Waals surface area contributed by atoms with Crippen LogP contribution < -0.4 is 0 Å². The molecule has 0 bridgehead atoms. The molecule has 0 saturated carbocycles. The number of alkyl halides is 3. The van der Waals surface area contributed by atoms with Crippen molar-refractivity contribution < 1.29 is 13.2 Å². The van der Waals surface area contributed by atoms with Crippen molar-refractivity contribution in [2.75, 3.05) is 0 Å². The summed E-state index contributed by atoms with van der Waals surface area (Å²) in [5.41, 5.74) is 3.00. The zero-order valence-electron chi connectivity index (χ0n) is 12.5. The van der Waals surface area contributed by atoms with Crippen LogP contribution in [0.25, 0.3) is 0 Å². The SMILES string of the molecule is CC(C)c1cccc(C(C)C)c1N=CCCC(F)(F)F. The lowest BCUT2D eigenvalue weighted by Gasteiger charge is -2.16. The number of rotatable bonds is 5. The molecule has 0 spiro atoms.